The summed E-state index contributed by atoms with van der Waals surface area (Å²) in [7, 11) is 0. The highest BCUT2D eigenvalue weighted by Gasteiger charge is 2.63. The van der Waals surface area contributed by atoms with Crippen LogP contribution in [0.15, 0.2) is 27.3 Å². The maximum absolute atomic E-state index is 14.4. The van der Waals surface area contributed by atoms with Crippen molar-refractivity contribution >= 4 is 0 Å². The standard InChI is InChI=1S/C10H13FN6O5/c1-9(15-16-12)6(20)10(11,4-18)22-7(9)17-3-2-5(19)13-8(17)14-21/h2-3,6-7,18,20-21H,4H2,1H3,(H,13,14,19)/t6-,7+,9+,10+/m0/s1. The lowest BCUT2D eigenvalue weighted by atomic mass is 9.92. The van der Waals surface area contributed by atoms with E-state index in [0.29, 0.717) is 0 Å². The average molecular weight is 316 g/mol. The van der Waals surface area contributed by atoms with Crippen LogP contribution in [0.2, 0.25) is 0 Å². The van der Waals surface area contributed by atoms with Crippen molar-refractivity contribution in [2.75, 3.05) is 6.61 Å². The Bertz CT molecular complexity index is 742. The van der Waals surface area contributed by atoms with Crippen molar-refractivity contribution in [2.45, 2.75) is 30.6 Å². The summed E-state index contributed by atoms with van der Waals surface area (Å²) < 4.78 is 20.4. The van der Waals surface area contributed by atoms with Crippen LogP contribution >= 0.6 is 0 Å². The fraction of sp³-hybridized carbons (Fsp3) is 0.600. The summed E-state index contributed by atoms with van der Waals surface area (Å²) in [5.74, 6) is -2.90. The van der Waals surface area contributed by atoms with E-state index in [1.165, 1.54) is 6.92 Å². The van der Waals surface area contributed by atoms with Crippen molar-refractivity contribution in [3.8, 4) is 0 Å². The quantitative estimate of drug-likeness (QED) is 0.185. The number of ether oxygens (including phenoxy) is 1. The van der Waals surface area contributed by atoms with Gasteiger partial charge in [-0.2, -0.15) is 0 Å². The first-order valence-corrected chi connectivity index (χ1v) is 6.04. The lowest BCUT2D eigenvalue weighted by Gasteiger charge is -2.28. The number of hydrogen-bond acceptors (Lipinski definition) is 7. The molecule has 0 radical (unpaired) electrons. The molecule has 1 fully saturated rings. The van der Waals surface area contributed by atoms with Crippen LogP contribution in [0.1, 0.15) is 13.2 Å². The maximum Gasteiger partial charge on any atom is 0.261 e. The van der Waals surface area contributed by atoms with Crippen LogP contribution in [0, 0.1) is 0 Å². The van der Waals surface area contributed by atoms with E-state index in [2.05, 4.69) is 20.2 Å². The Labute approximate surface area is 121 Å². The van der Waals surface area contributed by atoms with E-state index < -0.39 is 41.5 Å². The molecule has 0 aromatic carbocycles. The minimum atomic E-state index is -2.90. The topological polar surface area (TPSA) is 169 Å². The Morgan fingerprint density at radius 3 is 2.91 bits per heavy atom. The molecular weight excluding hydrogens is 303 g/mol. The number of H-pyrrole nitrogens is 1. The van der Waals surface area contributed by atoms with E-state index in [4.69, 9.17) is 20.6 Å². The zero-order valence-electron chi connectivity index (χ0n) is 11.3. The summed E-state index contributed by atoms with van der Waals surface area (Å²) in [4.78, 5) is 15.9. The van der Waals surface area contributed by atoms with Gasteiger partial charge in [0.05, 0.1) is 0 Å². The number of nitrogens with one attached hydrogen (secondary N) is 1. The van der Waals surface area contributed by atoms with Gasteiger partial charge in [0.15, 0.2) is 6.23 Å². The number of aromatic nitrogens is 2. The molecule has 0 aliphatic carbocycles. The zero-order chi connectivity index (χ0) is 16.5. The highest BCUT2D eigenvalue weighted by molar-refractivity contribution is 5.09. The van der Waals surface area contributed by atoms with Gasteiger partial charge in [0, 0.05) is 17.2 Å². The fourth-order valence-electron chi connectivity index (χ4n) is 2.30. The molecule has 120 valence electrons. The number of aliphatic hydroxyl groups excluding tert-OH is 2. The molecule has 0 spiro atoms. The summed E-state index contributed by atoms with van der Waals surface area (Å²) >= 11 is 0. The van der Waals surface area contributed by atoms with Crippen molar-refractivity contribution in [1.82, 2.24) is 9.55 Å². The van der Waals surface area contributed by atoms with Crippen molar-refractivity contribution in [2.24, 2.45) is 10.3 Å². The van der Waals surface area contributed by atoms with Gasteiger partial charge in [-0.1, -0.05) is 10.3 Å². The molecule has 22 heavy (non-hydrogen) atoms. The van der Waals surface area contributed by atoms with Crippen LogP contribution in [0.4, 0.5) is 4.39 Å². The molecule has 11 nitrogen and oxygen atoms in total. The normalized spacial score (nSPS) is 35.4. The number of halogens is 1. The molecule has 1 aromatic heterocycles. The molecule has 12 heteroatoms. The van der Waals surface area contributed by atoms with Gasteiger partial charge in [-0.15, -0.1) is 0 Å². The number of alkyl halides is 1. The van der Waals surface area contributed by atoms with Crippen LogP contribution in [0.5, 0.6) is 0 Å². The molecule has 1 aromatic rings. The molecule has 2 heterocycles. The van der Waals surface area contributed by atoms with Crippen LogP contribution in [0.25, 0.3) is 10.4 Å². The third-order valence-electron chi connectivity index (χ3n) is 3.46. The molecule has 1 aliphatic rings. The molecule has 4 N–H and O–H groups in total. The number of rotatable bonds is 3. The van der Waals surface area contributed by atoms with Crippen LogP contribution in [0.3, 0.4) is 0 Å². The third-order valence-corrected chi connectivity index (χ3v) is 3.46. The van der Waals surface area contributed by atoms with Gasteiger partial charge in [-0.05, 0) is 12.5 Å². The van der Waals surface area contributed by atoms with Crippen molar-refractivity contribution in [1.29, 1.82) is 0 Å². The van der Waals surface area contributed by atoms with E-state index in [9.17, 15) is 14.3 Å². The summed E-state index contributed by atoms with van der Waals surface area (Å²) in [6.07, 6.45) is -2.39. The molecule has 0 amide bonds. The van der Waals surface area contributed by atoms with Gasteiger partial charge in [0.2, 0.25) is 5.62 Å². The fourth-order valence-corrected chi connectivity index (χ4v) is 2.30. The molecule has 0 saturated carbocycles. The van der Waals surface area contributed by atoms with Crippen LogP contribution in [-0.2, 0) is 4.74 Å². The second kappa shape index (κ2) is 5.42. The Morgan fingerprint density at radius 2 is 2.36 bits per heavy atom. The SMILES string of the molecule is C[C@]1(N=[N+]=[N-])[C@H](n2ccc(=O)[nH]/c2=N\O)O[C@](F)(CO)[C@H]1O. The van der Waals surface area contributed by atoms with Gasteiger partial charge in [-0.25, -0.2) is 4.39 Å². The van der Waals surface area contributed by atoms with Crippen molar-refractivity contribution in [3.63, 3.8) is 0 Å². The van der Waals surface area contributed by atoms with Gasteiger partial charge in [0.1, 0.15) is 18.2 Å². The van der Waals surface area contributed by atoms with E-state index in [1.807, 2.05) is 0 Å². The molecule has 1 aliphatic heterocycles. The number of aromatic amines is 1. The molecular formula is C10H13FN6O5. The summed E-state index contributed by atoms with van der Waals surface area (Å²) in [6.45, 7) is -0.00494. The van der Waals surface area contributed by atoms with E-state index in [-0.39, 0.29) is 0 Å². The Balaban J connectivity index is 2.68. The highest BCUT2D eigenvalue weighted by Crippen LogP contribution is 2.46. The lowest BCUT2D eigenvalue weighted by molar-refractivity contribution is -0.207. The molecule has 4 atom stereocenters. The molecule has 1 saturated heterocycles. The lowest BCUT2D eigenvalue weighted by Crippen LogP contribution is -2.48. The second-order valence-electron chi connectivity index (χ2n) is 4.87. The molecule has 0 unspecified atom stereocenters. The first-order chi connectivity index (χ1) is 10.3. The van der Waals surface area contributed by atoms with Crippen LogP contribution in [-0.4, -0.2) is 49.1 Å². The number of aliphatic hydroxyl groups is 2. The van der Waals surface area contributed by atoms with E-state index in [0.717, 1.165) is 16.8 Å². The first-order valence-electron chi connectivity index (χ1n) is 6.04. The monoisotopic (exact) mass is 316 g/mol. The van der Waals surface area contributed by atoms with Gasteiger partial charge >= 0.3 is 0 Å². The predicted octanol–water partition coefficient (Wildman–Crippen LogP) is -0.917. The Hall–Kier alpha value is -2.40. The van der Waals surface area contributed by atoms with Crippen molar-refractivity contribution in [3.05, 3.63) is 38.7 Å². The van der Waals surface area contributed by atoms with Crippen LogP contribution < -0.4 is 11.2 Å². The van der Waals surface area contributed by atoms with E-state index >= 15 is 0 Å². The number of hydrogen-bond donors (Lipinski definition) is 4. The second-order valence-corrected chi connectivity index (χ2v) is 4.87. The number of nitrogens with zero attached hydrogens (tertiary/aromatic N) is 5. The van der Waals surface area contributed by atoms with Gasteiger partial charge < -0.3 is 20.2 Å². The predicted molar refractivity (Wildman–Crippen MR) is 67.0 cm³/mol. The van der Waals surface area contributed by atoms with Gasteiger partial charge in [0.25, 0.3) is 11.4 Å². The highest BCUT2D eigenvalue weighted by atomic mass is 19.2. The summed E-state index contributed by atoms with van der Waals surface area (Å²) in [5, 5.41) is 34.2. The smallest absolute Gasteiger partial charge is 0.261 e. The largest absolute Gasteiger partial charge is 0.408 e. The van der Waals surface area contributed by atoms with Gasteiger partial charge in [-0.3, -0.25) is 14.3 Å². The molecule has 0 bridgehead atoms. The summed E-state index contributed by atoms with van der Waals surface area (Å²) in [6, 6.07) is 1.03. The molecule has 2 rings (SSSR count). The van der Waals surface area contributed by atoms with Crippen molar-refractivity contribution < 1.29 is 24.5 Å². The average Bonchev–Trinajstić information content (AvgIpc) is 2.70. The Morgan fingerprint density at radius 1 is 1.68 bits per heavy atom. The maximum atomic E-state index is 14.4. The minimum absolute atomic E-state index is 0.425. The minimum Gasteiger partial charge on any atom is -0.408 e. The summed E-state index contributed by atoms with van der Waals surface area (Å²) in [5.41, 5.74) is 5.74. The first kappa shape index (κ1) is 16.0. The Kier molecular flexibility index (Phi) is 3.94. The zero-order valence-corrected chi connectivity index (χ0v) is 11.3. The number of azide groups is 1. The third kappa shape index (κ3) is 2.23. The van der Waals surface area contributed by atoms with E-state index in [1.54, 1.807) is 0 Å².